The second-order valence-corrected chi connectivity index (χ2v) is 3.62. The molecule has 0 aliphatic heterocycles. The molecule has 1 rings (SSSR count). The minimum absolute atomic E-state index is 0.0854. The summed E-state index contributed by atoms with van der Waals surface area (Å²) in [4.78, 5) is 17.2. The molecule has 0 radical (unpaired) electrons. The summed E-state index contributed by atoms with van der Waals surface area (Å²) in [6, 6.07) is 4.14. The zero-order chi connectivity index (χ0) is 13.4. The Hall–Kier alpha value is -1.53. The maximum Gasteiger partial charge on any atom is 0.272 e. The Morgan fingerprint density at radius 1 is 1.28 bits per heavy atom. The average molecular weight is 256 g/mol. The van der Waals surface area contributed by atoms with Crippen molar-refractivity contribution in [1.82, 2.24) is 9.88 Å². The molecule has 0 aliphatic carbocycles. The lowest BCUT2D eigenvalue weighted by molar-refractivity contribution is 0.0620. The van der Waals surface area contributed by atoms with E-state index in [1.807, 2.05) is 0 Å². The highest BCUT2D eigenvalue weighted by Gasteiger charge is 2.16. The Balaban J connectivity index is 2.73. The van der Waals surface area contributed by atoms with Gasteiger partial charge >= 0.3 is 0 Å². The zero-order valence-electron chi connectivity index (χ0n) is 10.6. The highest BCUT2D eigenvalue weighted by molar-refractivity contribution is 5.92. The zero-order valence-corrected chi connectivity index (χ0v) is 10.6. The smallest absolute Gasteiger partial charge is 0.272 e. The summed E-state index contributed by atoms with van der Waals surface area (Å²) in [5.41, 5.74) is 0.0854. The highest BCUT2D eigenvalue weighted by atomic mass is 19.1. The molecule has 0 aliphatic rings. The first-order valence-electron chi connectivity index (χ1n) is 5.58. The second-order valence-electron chi connectivity index (χ2n) is 3.62. The fourth-order valence-corrected chi connectivity index (χ4v) is 1.41. The number of ether oxygens (including phenoxy) is 2. The van der Waals surface area contributed by atoms with E-state index in [9.17, 15) is 9.18 Å². The van der Waals surface area contributed by atoms with Crippen LogP contribution < -0.4 is 0 Å². The number of halogens is 1. The van der Waals surface area contributed by atoms with E-state index in [-0.39, 0.29) is 11.6 Å². The Morgan fingerprint density at radius 2 is 1.89 bits per heavy atom. The molecule has 1 aromatic rings. The number of amides is 1. The molecule has 18 heavy (non-hydrogen) atoms. The molecule has 1 aromatic heterocycles. The summed E-state index contributed by atoms with van der Waals surface area (Å²) in [7, 11) is 3.11. The number of nitrogens with zero attached hydrogens (tertiary/aromatic N) is 2. The van der Waals surface area contributed by atoms with E-state index in [0.29, 0.717) is 26.3 Å². The lowest BCUT2D eigenvalue weighted by Gasteiger charge is -2.21. The lowest BCUT2D eigenvalue weighted by Crippen LogP contribution is -2.37. The number of methoxy groups -OCH3 is 2. The van der Waals surface area contributed by atoms with E-state index in [0.717, 1.165) is 0 Å². The van der Waals surface area contributed by atoms with Gasteiger partial charge in [-0.05, 0) is 12.1 Å². The Morgan fingerprint density at radius 3 is 2.39 bits per heavy atom. The van der Waals surface area contributed by atoms with Crippen LogP contribution in [0.4, 0.5) is 4.39 Å². The number of carbonyl (C=O) groups excluding carboxylic acids is 1. The van der Waals surface area contributed by atoms with Gasteiger partial charge in [0.05, 0.1) is 13.2 Å². The van der Waals surface area contributed by atoms with Gasteiger partial charge in [0, 0.05) is 27.3 Å². The van der Waals surface area contributed by atoms with Crippen LogP contribution in [0.5, 0.6) is 0 Å². The molecule has 6 heteroatoms. The summed E-state index contributed by atoms with van der Waals surface area (Å²) in [5, 5.41) is 0. The van der Waals surface area contributed by atoms with Crippen molar-refractivity contribution in [2.24, 2.45) is 0 Å². The first-order valence-corrected chi connectivity index (χ1v) is 5.58. The standard InChI is InChI=1S/C12H17FN2O3/c1-17-8-6-15(7-9-18-2)12(16)10-4-3-5-11(13)14-10/h3-5H,6-9H2,1-2H3. The fraction of sp³-hybridized carbons (Fsp3) is 0.500. The topological polar surface area (TPSA) is 51.7 Å². The largest absolute Gasteiger partial charge is 0.383 e. The van der Waals surface area contributed by atoms with Gasteiger partial charge in [-0.3, -0.25) is 4.79 Å². The van der Waals surface area contributed by atoms with Gasteiger partial charge in [-0.15, -0.1) is 0 Å². The third-order valence-corrected chi connectivity index (χ3v) is 2.35. The van der Waals surface area contributed by atoms with Crippen LogP contribution in [0.15, 0.2) is 18.2 Å². The normalized spacial score (nSPS) is 10.4. The van der Waals surface area contributed by atoms with Crippen molar-refractivity contribution in [3.8, 4) is 0 Å². The van der Waals surface area contributed by atoms with Gasteiger partial charge in [-0.1, -0.05) is 6.07 Å². The quantitative estimate of drug-likeness (QED) is 0.682. The van der Waals surface area contributed by atoms with E-state index < -0.39 is 5.95 Å². The summed E-state index contributed by atoms with van der Waals surface area (Å²) >= 11 is 0. The van der Waals surface area contributed by atoms with E-state index in [4.69, 9.17) is 9.47 Å². The summed E-state index contributed by atoms with van der Waals surface area (Å²) in [6.45, 7) is 1.64. The summed E-state index contributed by atoms with van der Waals surface area (Å²) < 4.78 is 22.8. The molecule has 0 atom stereocenters. The molecule has 0 saturated carbocycles. The van der Waals surface area contributed by atoms with Crippen molar-refractivity contribution in [3.63, 3.8) is 0 Å². The number of aromatic nitrogens is 1. The second kappa shape index (κ2) is 7.73. The van der Waals surface area contributed by atoms with Crippen molar-refractivity contribution in [2.75, 3.05) is 40.5 Å². The van der Waals surface area contributed by atoms with Gasteiger partial charge in [-0.2, -0.15) is 4.39 Å². The number of hydrogen-bond donors (Lipinski definition) is 0. The molecule has 0 unspecified atom stereocenters. The van der Waals surface area contributed by atoms with Crippen LogP contribution in [-0.2, 0) is 9.47 Å². The van der Waals surface area contributed by atoms with E-state index in [2.05, 4.69) is 4.98 Å². The maximum absolute atomic E-state index is 13.0. The third kappa shape index (κ3) is 4.38. The first-order chi connectivity index (χ1) is 8.69. The molecule has 0 fully saturated rings. The Kier molecular flexibility index (Phi) is 6.24. The third-order valence-electron chi connectivity index (χ3n) is 2.35. The predicted octanol–water partition coefficient (Wildman–Crippen LogP) is 0.956. The average Bonchev–Trinajstić information content (AvgIpc) is 2.38. The molecular formula is C12H17FN2O3. The molecule has 100 valence electrons. The Labute approximate surface area is 106 Å². The minimum Gasteiger partial charge on any atom is -0.383 e. The van der Waals surface area contributed by atoms with Gasteiger partial charge in [-0.25, -0.2) is 4.98 Å². The van der Waals surface area contributed by atoms with Crippen molar-refractivity contribution in [3.05, 3.63) is 29.8 Å². The predicted molar refractivity (Wildman–Crippen MR) is 63.9 cm³/mol. The molecule has 0 spiro atoms. The number of rotatable bonds is 7. The molecule has 0 N–H and O–H groups in total. The van der Waals surface area contributed by atoms with Crippen molar-refractivity contribution in [2.45, 2.75) is 0 Å². The van der Waals surface area contributed by atoms with Crippen molar-refractivity contribution < 1.29 is 18.7 Å². The lowest BCUT2D eigenvalue weighted by atomic mass is 10.3. The Bertz CT molecular complexity index is 379. The van der Waals surface area contributed by atoms with Crippen LogP contribution >= 0.6 is 0 Å². The van der Waals surface area contributed by atoms with E-state index in [1.165, 1.54) is 23.1 Å². The van der Waals surface area contributed by atoms with Crippen molar-refractivity contribution in [1.29, 1.82) is 0 Å². The van der Waals surface area contributed by atoms with E-state index in [1.54, 1.807) is 14.2 Å². The number of carbonyl (C=O) groups is 1. The van der Waals surface area contributed by atoms with Gasteiger partial charge in [0.1, 0.15) is 5.69 Å². The monoisotopic (exact) mass is 256 g/mol. The number of pyridine rings is 1. The molecule has 1 amide bonds. The molecule has 0 saturated heterocycles. The van der Waals surface area contributed by atoms with Crippen molar-refractivity contribution >= 4 is 5.91 Å². The maximum atomic E-state index is 13.0. The van der Waals surface area contributed by atoms with Gasteiger partial charge in [0.2, 0.25) is 5.95 Å². The molecule has 0 aromatic carbocycles. The molecule has 1 heterocycles. The molecule has 0 bridgehead atoms. The van der Waals surface area contributed by atoms with E-state index >= 15 is 0 Å². The number of hydrogen-bond acceptors (Lipinski definition) is 4. The summed E-state index contributed by atoms with van der Waals surface area (Å²) in [6.07, 6.45) is 0. The van der Waals surface area contributed by atoms with Crippen LogP contribution in [-0.4, -0.2) is 56.3 Å². The van der Waals surface area contributed by atoms with Gasteiger partial charge in [0.25, 0.3) is 5.91 Å². The van der Waals surface area contributed by atoms with Gasteiger partial charge in [0.15, 0.2) is 0 Å². The highest BCUT2D eigenvalue weighted by Crippen LogP contribution is 2.03. The SMILES string of the molecule is COCCN(CCOC)C(=O)c1cccc(F)n1. The first kappa shape index (κ1) is 14.5. The van der Waals surface area contributed by atoms with Crippen LogP contribution in [0.25, 0.3) is 0 Å². The minimum atomic E-state index is -0.667. The van der Waals surface area contributed by atoms with Crippen LogP contribution in [0, 0.1) is 5.95 Å². The van der Waals surface area contributed by atoms with Gasteiger partial charge < -0.3 is 14.4 Å². The molecular weight excluding hydrogens is 239 g/mol. The van der Waals surface area contributed by atoms with Crippen LogP contribution in [0.1, 0.15) is 10.5 Å². The fourth-order valence-electron chi connectivity index (χ4n) is 1.41. The molecule has 5 nitrogen and oxygen atoms in total. The van der Waals surface area contributed by atoms with Crippen LogP contribution in [0.3, 0.4) is 0 Å². The summed E-state index contributed by atoms with van der Waals surface area (Å²) in [5.74, 6) is -0.997. The van der Waals surface area contributed by atoms with Crippen LogP contribution in [0.2, 0.25) is 0 Å².